The van der Waals surface area contributed by atoms with Gasteiger partial charge in [0.05, 0.1) is 6.54 Å². The highest BCUT2D eigenvalue weighted by molar-refractivity contribution is 5.82. The maximum atomic E-state index is 12.4. The van der Waals surface area contributed by atoms with Gasteiger partial charge in [0.15, 0.2) is 11.5 Å². The van der Waals surface area contributed by atoms with E-state index in [2.05, 4.69) is 20.6 Å². The Morgan fingerprint density at radius 3 is 2.86 bits per heavy atom. The molecule has 8 nitrogen and oxygen atoms in total. The lowest BCUT2D eigenvalue weighted by atomic mass is 10.1. The fourth-order valence-corrected chi connectivity index (χ4v) is 3.41. The van der Waals surface area contributed by atoms with Crippen LogP contribution in [0.2, 0.25) is 0 Å². The number of carbonyl (C=O) groups excluding carboxylic acids is 1. The van der Waals surface area contributed by atoms with Gasteiger partial charge in [-0.05, 0) is 41.3 Å². The normalized spacial score (nSPS) is 20.3. The molecule has 22 heavy (non-hydrogen) atoms. The van der Waals surface area contributed by atoms with Gasteiger partial charge in [0.1, 0.15) is 0 Å². The average molecular weight is 301 g/mol. The van der Waals surface area contributed by atoms with Crippen LogP contribution in [0.1, 0.15) is 25.7 Å². The molecule has 0 atom stereocenters. The summed E-state index contributed by atoms with van der Waals surface area (Å²) in [6.45, 7) is 2.88. The molecular formula is C14H19N7O. The zero-order chi connectivity index (χ0) is 14.9. The van der Waals surface area contributed by atoms with E-state index in [0.29, 0.717) is 18.1 Å². The van der Waals surface area contributed by atoms with E-state index >= 15 is 0 Å². The van der Waals surface area contributed by atoms with Gasteiger partial charge in [-0.2, -0.15) is 0 Å². The number of fused-ring (bicyclic) bond motifs is 1. The molecule has 1 aliphatic carbocycles. The SMILES string of the molecule is O=C1CN(c2ccc3nnnn3n2)CCN1CC1CCCC1. The lowest BCUT2D eigenvalue weighted by Crippen LogP contribution is -2.51. The van der Waals surface area contributed by atoms with Gasteiger partial charge in [-0.25, -0.2) is 0 Å². The van der Waals surface area contributed by atoms with Gasteiger partial charge in [-0.3, -0.25) is 4.79 Å². The molecule has 0 bridgehead atoms. The second-order valence-corrected chi connectivity index (χ2v) is 6.13. The molecule has 0 radical (unpaired) electrons. The maximum absolute atomic E-state index is 12.4. The fourth-order valence-electron chi connectivity index (χ4n) is 3.41. The molecule has 2 aliphatic rings. The number of carbonyl (C=O) groups is 1. The molecule has 4 rings (SSSR count). The summed E-state index contributed by atoms with van der Waals surface area (Å²) in [5, 5.41) is 15.6. The predicted molar refractivity (Wildman–Crippen MR) is 79.3 cm³/mol. The van der Waals surface area contributed by atoms with Crippen molar-refractivity contribution in [2.45, 2.75) is 25.7 Å². The molecular weight excluding hydrogens is 282 g/mol. The van der Waals surface area contributed by atoms with E-state index in [1.54, 1.807) is 0 Å². The number of aromatic nitrogens is 5. The van der Waals surface area contributed by atoms with Crippen LogP contribution in [0.15, 0.2) is 12.1 Å². The minimum atomic E-state index is 0.191. The van der Waals surface area contributed by atoms with E-state index in [-0.39, 0.29) is 5.91 Å². The first-order chi connectivity index (χ1) is 10.8. The zero-order valence-corrected chi connectivity index (χ0v) is 12.4. The van der Waals surface area contributed by atoms with Gasteiger partial charge in [-0.1, -0.05) is 12.8 Å². The van der Waals surface area contributed by atoms with Gasteiger partial charge < -0.3 is 9.80 Å². The number of hydrogen-bond acceptors (Lipinski definition) is 6. The van der Waals surface area contributed by atoms with Gasteiger partial charge in [-0.15, -0.1) is 14.8 Å². The number of piperazine rings is 1. The first-order valence-corrected chi connectivity index (χ1v) is 7.88. The van der Waals surface area contributed by atoms with Crippen molar-refractivity contribution in [1.29, 1.82) is 0 Å². The van der Waals surface area contributed by atoms with E-state index in [1.165, 1.54) is 30.3 Å². The van der Waals surface area contributed by atoms with Crippen molar-refractivity contribution in [2.75, 3.05) is 31.1 Å². The van der Waals surface area contributed by atoms with Crippen molar-refractivity contribution in [3.63, 3.8) is 0 Å². The number of tetrazole rings is 1. The second kappa shape index (κ2) is 5.51. The lowest BCUT2D eigenvalue weighted by Gasteiger charge is -2.36. The summed E-state index contributed by atoms with van der Waals surface area (Å²) in [6, 6.07) is 3.68. The molecule has 2 fully saturated rings. The smallest absolute Gasteiger partial charge is 0.242 e. The largest absolute Gasteiger partial charge is 0.344 e. The highest BCUT2D eigenvalue weighted by Gasteiger charge is 2.28. The number of hydrogen-bond donors (Lipinski definition) is 0. The van der Waals surface area contributed by atoms with Gasteiger partial charge in [0.25, 0.3) is 0 Å². The van der Waals surface area contributed by atoms with Crippen LogP contribution in [0.4, 0.5) is 5.82 Å². The Balaban J connectivity index is 1.43. The van der Waals surface area contributed by atoms with E-state index in [1.807, 2.05) is 21.9 Å². The van der Waals surface area contributed by atoms with Crippen LogP contribution in [0.25, 0.3) is 5.65 Å². The number of anilines is 1. The van der Waals surface area contributed by atoms with E-state index in [4.69, 9.17) is 0 Å². The third-order valence-electron chi connectivity index (χ3n) is 4.65. The van der Waals surface area contributed by atoms with Crippen molar-refractivity contribution in [3.8, 4) is 0 Å². The van der Waals surface area contributed by atoms with Crippen molar-refractivity contribution in [2.24, 2.45) is 5.92 Å². The van der Waals surface area contributed by atoms with Gasteiger partial charge in [0.2, 0.25) is 5.91 Å². The standard InChI is InChI=1S/C14H19N7O/c22-14-10-19(7-8-20(14)9-11-3-1-2-4-11)13-6-5-12-15-17-18-21(12)16-13/h5-6,11H,1-4,7-10H2. The van der Waals surface area contributed by atoms with Crippen LogP contribution in [0.5, 0.6) is 0 Å². The molecule has 0 N–H and O–H groups in total. The first-order valence-electron chi connectivity index (χ1n) is 7.88. The van der Waals surface area contributed by atoms with Crippen molar-refractivity contribution in [1.82, 2.24) is 30.2 Å². The van der Waals surface area contributed by atoms with Crippen LogP contribution >= 0.6 is 0 Å². The summed E-state index contributed by atoms with van der Waals surface area (Å²) in [6.07, 6.45) is 5.17. The summed E-state index contributed by atoms with van der Waals surface area (Å²) < 4.78 is 1.39. The molecule has 0 aromatic carbocycles. The van der Waals surface area contributed by atoms with Crippen molar-refractivity contribution >= 4 is 17.4 Å². The molecule has 2 aromatic rings. The summed E-state index contributed by atoms with van der Waals surface area (Å²) in [7, 11) is 0. The molecule has 0 unspecified atom stereocenters. The quantitative estimate of drug-likeness (QED) is 0.814. The van der Waals surface area contributed by atoms with Crippen molar-refractivity contribution < 1.29 is 4.79 Å². The summed E-state index contributed by atoms with van der Waals surface area (Å²) >= 11 is 0. The predicted octanol–water partition coefficient (Wildman–Crippen LogP) is 0.358. The Bertz CT molecular complexity index is 679. The summed E-state index contributed by atoms with van der Waals surface area (Å²) in [5.41, 5.74) is 0.606. The van der Waals surface area contributed by atoms with Crippen LogP contribution in [0.3, 0.4) is 0 Å². The van der Waals surface area contributed by atoms with E-state index in [9.17, 15) is 4.79 Å². The molecule has 0 spiro atoms. The summed E-state index contributed by atoms with van der Waals surface area (Å²) in [4.78, 5) is 16.4. The second-order valence-electron chi connectivity index (χ2n) is 6.13. The summed E-state index contributed by atoms with van der Waals surface area (Å²) in [5.74, 6) is 1.64. The molecule has 116 valence electrons. The highest BCUT2D eigenvalue weighted by atomic mass is 16.2. The van der Waals surface area contributed by atoms with Crippen LogP contribution in [0, 0.1) is 5.92 Å². The molecule has 1 saturated carbocycles. The average Bonchev–Trinajstić information content (AvgIpc) is 3.19. The van der Waals surface area contributed by atoms with Crippen LogP contribution in [-0.2, 0) is 4.79 Å². The monoisotopic (exact) mass is 301 g/mol. The minimum Gasteiger partial charge on any atom is -0.344 e. The number of amides is 1. The van der Waals surface area contributed by atoms with Crippen molar-refractivity contribution in [3.05, 3.63) is 12.1 Å². The maximum Gasteiger partial charge on any atom is 0.242 e. The first kappa shape index (κ1) is 13.4. The Labute approximate surface area is 128 Å². The molecule has 1 amide bonds. The van der Waals surface area contributed by atoms with Gasteiger partial charge >= 0.3 is 0 Å². The van der Waals surface area contributed by atoms with Crippen LogP contribution in [-0.4, -0.2) is 62.2 Å². The van der Waals surface area contributed by atoms with E-state index < -0.39 is 0 Å². The molecule has 2 aromatic heterocycles. The molecule has 1 saturated heterocycles. The Hall–Kier alpha value is -2.25. The lowest BCUT2D eigenvalue weighted by molar-refractivity contribution is -0.131. The third kappa shape index (κ3) is 2.49. The molecule has 8 heteroatoms. The highest BCUT2D eigenvalue weighted by Crippen LogP contribution is 2.26. The molecule has 3 heterocycles. The Morgan fingerprint density at radius 2 is 2.05 bits per heavy atom. The van der Waals surface area contributed by atoms with Gasteiger partial charge in [0, 0.05) is 19.6 Å². The number of rotatable bonds is 3. The fraction of sp³-hybridized carbons (Fsp3) is 0.643. The van der Waals surface area contributed by atoms with E-state index in [0.717, 1.165) is 25.5 Å². The van der Waals surface area contributed by atoms with Crippen LogP contribution < -0.4 is 4.90 Å². The zero-order valence-electron chi connectivity index (χ0n) is 12.4. The Morgan fingerprint density at radius 1 is 1.18 bits per heavy atom. The number of nitrogens with zero attached hydrogens (tertiary/aromatic N) is 7. The Kier molecular flexibility index (Phi) is 3.36. The topological polar surface area (TPSA) is 79.5 Å². The third-order valence-corrected chi connectivity index (χ3v) is 4.65. The minimum absolute atomic E-state index is 0.191. The molecule has 1 aliphatic heterocycles.